The molecule has 74 valence electrons. The molecule has 0 fully saturated rings. The van der Waals surface area contributed by atoms with Crippen LogP contribution in [0.3, 0.4) is 0 Å². The van der Waals surface area contributed by atoms with Gasteiger partial charge in [-0.15, -0.1) is 0 Å². The first kappa shape index (κ1) is 9.33. The Bertz CT molecular complexity index is 445. The Kier molecular flexibility index (Phi) is 1.92. The fourth-order valence-corrected chi connectivity index (χ4v) is 1.51. The lowest BCUT2D eigenvalue weighted by molar-refractivity contribution is 0.0533. The fourth-order valence-electron chi connectivity index (χ4n) is 1.24. The van der Waals surface area contributed by atoms with Crippen molar-refractivity contribution in [2.75, 3.05) is 0 Å². The first-order valence-electron chi connectivity index (χ1n) is 3.56. The van der Waals surface area contributed by atoms with Crippen molar-refractivity contribution < 1.29 is 22.7 Å². The van der Waals surface area contributed by atoms with Gasteiger partial charge in [-0.2, -0.15) is 0 Å². The minimum Gasteiger partial charge on any atom is -0.457 e. The van der Waals surface area contributed by atoms with Crippen molar-refractivity contribution in [1.29, 1.82) is 0 Å². The van der Waals surface area contributed by atoms with Gasteiger partial charge in [0, 0.05) is 5.56 Å². The highest BCUT2D eigenvalue weighted by Gasteiger charge is 2.33. The highest BCUT2D eigenvalue weighted by molar-refractivity contribution is 6.34. The number of fused-ring (bicyclic) bond motifs is 1. The lowest BCUT2D eigenvalue weighted by Gasteiger charge is -2.02. The molecular weight excluding hydrogens is 221 g/mol. The molecule has 0 saturated heterocycles. The zero-order valence-electron chi connectivity index (χ0n) is 6.54. The highest BCUT2D eigenvalue weighted by atomic mass is 35.5. The molecule has 0 unspecified atom stereocenters. The molecule has 0 radical (unpaired) electrons. The largest absolute Gasteiger partial charge is 0.457 e. The van der Waals surface area contributed by atoms with Gasteiger partial charge in [0.1, 0.15) is 6.61 Å². The van der Waals surface area contributed by atoms with Crippen LogP contribution in [0.15, 0.2) is 0 Å². The SMILES string of the molecule is O=C1OCc2c(F)c(F)c(F)c(Cl)c21. The zero-order chi connectivity index (χ0) is 10.5. The Morgan fingerprint density at radius 1 is 1.14 bits per heavy atom. The molecule has 0 bridgehead atoms. The average Bonchev–Trinajstić information content (AvgIpc) is 2.54. The molecule has 0 aliphatic carbocycles. The molecule has 6 heteroatoms. The van der Waals surface area contributed by atoms with E-state index in [1.807, 2.05) is 0 Å². The summed E-state index contributed by atoms with van der Waals surface area (Å²) in [4.78, 5) is 10.9. The predicted molar refractivity (Wildman–Crippen MR) is 40.4 cm³/mol. The monoisotopic (exact) mass is 222 g/mol. The van der Waals surface area contributed by atoms with Gasteiger partial charge < -0.3 is 4.74 Å². The lowest BCUT2D eigenvalue weighted by atomic mass is 10.1. The van der Waals surface area contributed by atoms with Crippen LogP contribution in [-0.2, 0) is 11.3 Å². The summed E-state index contributed by atoms with van der Waals surface area (Å²) in [6.07, 6.45) is 0. The second kappa shape index (κ2) is 2.88. The Hall–Kier alpha value is -1.23. The molecular formula is C8H2ClF3O2. The first-order chi connectivity index (χ1) is 6.54. The van der Waals surface area contributed by atoms with E-state index in [4.69, 9.17) is 11.6 Å². The van der Waals surface area contributed by atoms with Crippen molar-refractivity contribution in [3.63, 3.8) is 0 Å². The van der Waals surface area contributed by atoms with Gasteiger partial charge in [-0.1, -0.05) is 11.6 Å². The number of hydrogen-bond donors (Lipinski definition) is 0. The van der Waals surface area contributed by atoms with Gasteiger partial charge in [-0.3, -0.25) is 0 Å². The van der Waals surface area contributed by atoms with Crippen molar-refractivity contribution in [3.8, 4) is 0 Å². The van der Waals surface area contributed by atoms with E-state index in [-0.39, 0.29) is 5.56 Å². The number of halogens is 4. The summed E-state index contributed by atoms with van der Waals surface area (Å²) in [6, 6.07) is 0. The van der Waals surface area contributed by atoms with Crippen LogP contribution < -0.4 is 0 Å². The molecule has 0 aromatic heterocycles. The van der Waals surface area contributed by atoms with E-state index < -0.39 is 40.6 Å². The summed E-state index contributed by atoms with van der Waals surface area (Å²) in [5.41, 5.74) is -0.762. The third kappa shape index (κ3) is 1.02. The summed E-state index contributed by atoms with van der Waals surface area (Å²) in [6.45, 7) is -0.420. The Morgan fingerprint density at radius 3 is 2.43 bits per heavy atom. The summed E-state index contributed by atoms with van der Waals surface area (Å²) < 4.78 is 43.0. The number of benzene rings is 1. The molecule has 0 amide bonds. The summed E-state index contributed by atoms with van der Waals surface area (Å²) >= 11 is 5.33. The Balaban J connectivity index is 2.84. The van der Waals surface area contributed by atoms with Crippen LogP contribution in [0.5, 0.6) is 0 Å². The van der Waals surface area contributed by atoms with Crippen LogP contribution in [0.2, 0.25) is 5.02 Å². The number of cyclic esters (lactones) is 1. The Labute approximate surface area is 81.2 Å². The third-order valence-electron chi connectivity index (χ3n) is 1.92. The van der Waals surface area contributed by atoms with Crippen LogP contribution >= 0.6 is 11.6 Å². The topological polar surface area (TPSA) is 26.3 Å². The van der Waals surface area contributed by atoms with Gasteiger partial charge in [0.15, 0.2) is 17.5 Å². The quantitative estimate of drug-likeness (QED) is 0.383. The maximum atomic E-state index is 13.0. The van der Waals surface area contributed by atoms with Crippen LogP contribution in [0.1, 0.15) is 15.9 Å². The molecule has 1 aliphatic rings. The van der Waals surface area contributed by atoms with E-state index in [0.717, 1.165) is 0 Å². The molecule has 2 rings (SSSR count). The van der Waals surface area contributed by atoms with Gasteiger partial charge >= 0.3 is 5.97 Å². The van der Waals surface area contributed by atoms with Crippen molar-refractivity contribution in [1.82, 2.24) is 0 Å². The molecule has 14 heavy (non-hydrogen) atoms. The molecule has 0 N–H and O–H groups in total. The van der Waals surface area contributed by atoms with Crippen molar-refractivity contribution in [2.24, 2.45) is 0 Å². The highest BCUT2D eigenvalue weighted by Crippen LogP contribution is 2.33. The fraction of sp³-hybridized carbons (Fsp3) is 0.125. The van der Waals surface area contributed by atoms with Crippen LogP contribution in [0.25, 0.3) is 0 Å². The molecule has 1 aliphatic heterocycles. The Morgan fingerprint density at radius 2 is 1.79 bits per heavy atom. The van der Waals surface area contributed by atoms with Crippen LogP contribution in [0, 0.1) is 17.5 Å². The smallest absolute Gasteiger partial charge is 0.340 e. The van der Waals surface area contributed by atoms with E-state index in [9.17, 15) is 18.0 Å². The van der Waals surface area contributed by atoms with Gasteiger partial charge in [-0.05, 0) is 0 Å². The summed E-state index contributed by atoms with van der Waals surface area (Å²) in [7, 11) is 0. The average molecular weight is 223 g/mol. The van der Waals surface area contributed by atoms with E-state index in [0.29, 0.717) is 0 Å². The molecule has 0 atom stereocenters. The number of esters is 1. The molecule has 2 nitrogen and oxygen atoms in total. The maximum absolute atomic E-state index is 13.0. The second-order valence-corrected chi connectivity index (χ2v) is 3.06. The third-order valence-corrected chi connectivity index (χ3v) is 2.27. The van der Waals surface area contributed by atoms with Gasteiger partial charge in [0.05, 0.1) is 10.6 Å². The zero-order valence-corrected chi connectivity index (χ0v) is 7.29. The van der Waals surface area contributed by atoms with Crippen molar-refractivity contribution in [2.45, 2.75) is 6.61 Å². The minimum atomic E-state index is -1.69. The first-order valence-corrected chi connectivity index (χ1v) is 3.93. The van der Waals surface area contributed by atoms with E-state index in [2.05, 4.69) is 4.74 Å². The number of carbonyl (C=O) groups is 1. The van der Waals surface area contributed by atoms with E-state index in [1.54, 1.807) is 0 Å². The summed E-state index contributed by atoms with van der Waals surface area (Å²) in [5, 5.41) is -0.735. The van der Waals surface area contributed by atoms with Gasteiger partial charge in [-0.25, -0.2) is 18.0 Å². The molecule has 1 aromatic rings. The van der Waals surface area contributed by atoms with Crippen LogP contribution in [0.4, 0.5) is 13.2 Å². The minimum absolute atomic E-state index is 0.334. The van der Waals surface area contributed by atoms with E-state index in [1.165, 1.54) is 0 Å². The van der Waals surface area contributed by atoms with Crippen molar-refractivity contribution >= 4 is 17.6 Å². The molecule has 1 heterocycles. The normalized spacial score (nSPS) is 14.1. The van der Waals surface area contributed by atoms with E-state index >= 15 is 0 Å². The van der Waals surface area contributed by atoms with Crippen LogP contribution in [-0.4, -0.2) is 5.97 Å². The standard InChI is InChI=1S/C8H2ClF3O2/c9-4-3-2(1-14-8(3)13)5(10)7(12)6(4)11/h1H2. The number of carbonyl (C=O) groups excluding carboxylic acids is 1. The second-order valence-electron chi connectivity index (χ2n) is 2.69. The van der Waals surface area contributed by atoms with Crippen molar-refractivity contribution in [3.05, 3.63) is 33.6 Å². The lowest BCUT2D eigenvalue weighted by Crippen LogP contribution is -2.02. The molecule has 0 saturated carbocycles. The number of ether oxygens (including phenoxy) is 1. The van der Waals surface area contributed by atoms with Gasteiger partial charge in [0.25, 0.3) is 0 Å². The maximum Gasteiger partial charge on any atom is 0.340 e. The van der Waals surface area contributed by atoms with Gasteiger partial charge in [0.2, 0.25) is 0 Å². The predicted octanol–water partition coefficient (Wildman–Crippen LogP) is 2.43. The molecule has 1 aromatic carbocycles. The molecule has 0 spiro atoms. The number of hydrogen-bond acceptors (Lipinski definition) is 2. The summed E-state index contributed by atoms with van der Waals surface area (Å²) in [5.74, 6) is -5.62. The number of rotatable bonds is 0.